The van der Waals surface area contributed by atoms with Gasteiger partial charge in [-0.3, -0.25) is 24.1 Å². The third kappa shape index (κ3) is 3.73. The van der Waals surface area contributed by atoms with Crippen LogP contribution in [-0.4, -0.2) is 51.9 Å². The van der Waals surface area contributed by atoms with Crippen molar-refractivity contribution in [1.29, 1.82) is 0 Å². The molecule has 2 aromatic rings. The van der Waals surface area contributed by atoms with E-state index < -0.39 is 65.1 Å². The van der Waals surface area contributed by atoms with Crippen molar-refractivity contribution >= 4 is 11.8 Å². The van der Waals surface area contributed by atoms with Crippen molar-refractivity contribution < 1.29 is 27.9 Å². The molecule has 174 valence electrons. The second kappa shape index (κ2) is 8.30. The second-order valence-corrected chi connectivity index (χ2v) is 8.01. The highest BCUT2D eigenvalue weighted by molar-refractivity contribution is 5.99. The Hall–Kier alpha value is -3.76. The van der Waals surface area contributed by atoms with Crippen LogP contribution in [0.25, 0.3) is 0 Å². The van der Waals surface area contributed by atoms with Crippen molar-refractivity contribution in [2.24, 2.45) is 0 Å². The van der Waals surface area contributed by atoms with Crippen LogP contribution in [0.15, 0.2) is 35.3 Å². The summed E-state index contributed by atoms with van der Waals surface area (Å²) in [6.07, 6.45) is 4.29. The summed E-state index contributed by atoms with van der Waals surface area (Å²) in [4.78, 5) is 39.5. The van der Waals surface area contributed by atoms with Gasteiger partial charge in [-0.1, -0.05) is 12.2 Å². The number of nitrogens with zero attached hydrogens (tertiary/aromatic N) is 3. The van der Waals surface area contributed by atoms with Gasteiger partial charge in [-0.05, 0) is 31.5 Å². The van der Waals surface area contributed by atoms with Gasteiger partial charge in [-0.15, -0.1) is 0 Å². The predicted molar refractivity (Wildman–Crippen MR) is 112 cm³/mol. The lowest BCUT2D eigenvalue weighted by molar-refractivity contribution is 0.0617. The minimum absolute atomic E-state index is 0.0439. The third-order valence-electron chi connectivity index (χ3n) is 5.80. The van der Waals surface area contributed by atoms with Crippen LogP contribution >= 0.6 is 0 Å². The number of alkyl halides is 1. The number of halogens is 3. The smallest absolute Gasteiger partial charge is 0.278 e. The zero-order valence-corrected chi connectivity index (χ0v) is 17.8. The highest BCUT2D eigenvalue weighted by atomic mass is 19.1. The monoisotopic (exact) mass is 462 g/mol. The maximum atomic E-state index is 14.1. The average Bonchev–Trinajstić information content (AvgIpc) is 2.90. The van der Waals surface area contributed by atoms with Gasteiger partial charge >= 0.3 is 0 Å². The number of aromatic hydroxyl groups is 1. The normalized spacial score (nSPS) is 19.4. The Bertz CT molecular complexity index is 1220. The molecule has 33 heavy (non-hydrogen) atoms. The standard InChI is InChI=1S/C22H21F3N4O4/c1-11-5-16(24)14(17(25)6-11)8-26-21(32)15-9-28-18(20(31)19(15)30)22(33)27-10-29(28)12(2)3-4-13(27)7-23/h3-6,9,12-13,31H,7-8,10H2,1-2H3,(H,26,32)/t12-,13-/m1/s1. The topological polar surface area (TPSA) is 94.9 Å². The minimum Gasteiger partial charge on any atom is -0.502 e. The van der Waals surface area contributed by atoms with Gasteiger partial charge < -0.3 is 15.3 Å². The van der Waals surface area contributed by atoms with Gasteiger partial charge in [0.25, 0.3) is 11.8 Å². The van der Waals surface area contributed by atoms with Gasteiger partial charge in [0.15, 0.2) is 11.4 Å². The van der Waals surface area contributed by atoms with Crippen molar-refractivity contribution in [1.82, 2.24) is 14.9 Å². The molecule has 0 fully saturated rings. The molecule has 2 aliphatic heterocycles. The SMILES string of the molecule is Cc1cc(F)c(CNC(=O)c2cn3c(c(O)c2=O)C(=O)N2CN3[C@H](C)C=C[C@@H]2CF)c(F)c1. The Morgan fingerprint density at radius 3 is 2.52 bits per heavy atom. The second-order valence-electron chi connectivity index (χ2n) is 8.01. The third-order valence-corrected chi connectivity index (χ3v) is 5.80. The largest absolute Gasteiger partial charge is 0.502 e. The predicted octanol–water partition coefficient (Wildman–Crippen LogP) is 1.72. The van der Waals surface area contributed by atoms with Crippen LogP contribution in [0.5, 0.6) is 5.75 Å². The molecule has 2 bridgehead atoms. The molecule has 0 radical (unpaired) electrons. The summed E-state index contributed by atoms with van der Waals surface area (Å²) in [7, 11) is 0. The van der Waals surface area contributed by atoms with E-state index in [1.165, 1.54) is 22.6 Å². The highest BCUT2D eigenvalue weighted by Gasteiger charge is 2.39. The fraction of sp³-hybridized carbons (Fsp3) is 0.318. The summed E-state index contributed by atoms with van der Waals surface area (Å²) in [6.45, 7) is 1.85. The molecule has 0 saturated heterocycles. The van der Waals surface area contributed by atoms with E-state index >= 15 is 0 Å². The van der Waals surface area contributed by atoms with Gasteiger partial charge in [0.05, 0.1) is 12.1 Å². The summed E-state index contributed by atoms with van der Waals surface area (Å²) in [5, 5.41) is 14.4. The number of amides is 2. The molecule has 1 aromatic carbocycles. The fourth-order valence-electron chi connectivity index (χ4n) is 3.95. The number of rotatable bonds is 4. The molecular weight excluding hydrogens is 441 g/mol. The molecule has 0 spiro atoms. The lowest BCUT2D eigenvalue weighted by Gasteiger charge is -2.41. The first-order chi connectivity index (χ1) is 15.6. The van der Waals surface area contributed by atoms with Crippen molar-refractivity contribution in [3.05, 3.63) is 74.7 Å². The van der Waals surface area contributed by atoms with Crippen LogP contribution in [0.2, 0.25) is 0 Å². The van der Waals surface area contributed by atoms with E-state index in [0.717, 1.165) is 18.3 Å². The number of pyridine rings is 1. The fourth-order valence-corrected chi connectivity index (χ4v) is 3.95. The molecule has 0 aliphatic carbocycles. The van der Waals surface area contributed by atoms with Crippen molar-refractivity contribution in [2.75, 3.05) is 18.4 Å². The van der Waals surface area contributed by atoms with Crippen molar-refractivity contribution in [2.45, 2.75) is 32.5 Å². The van der Waals surface area contributed by atoms with E-state index in [9.17, 15) is 32.7 Å². The number of fused-ring (bicyclic) bond motifs is 4. The summed E-state index contributed by atoms with van der Waals surface area (Å²) in [5.74, 6) is -4.42. The summed E-state index contributed by atoms with van der Waals surface area (Å²) in [6, 6.07) is 0.987. The van der Waals surface area contributed by atoms with Crippen LogP contribution in [0.1, 0.15) is 38.9 Å². The Balaban J connectivity index is 1.71. The zero-order valence-electron chi connectivity index (χ0n) is 17.8. The zero-order chi connectivity index (χ0) is 24.0. The van der Waals surface area contributed by atoms with E-state index in [1.54, 1.807) is 18.0 Å². The molecule has 2 amide bonds. The lowest BCUT2D eigenvalue weighted by atomic mass is 10.1. The number of aromatic nitrogens is 1. The van der Waals surface area contributed by atoms with Crippen LogP contribution in [0.3, 0.4) is 0 Å². The Labute approximate surface area is 186 Å². The van der Waals surface area contributed by atoms with Gasteiger partial charge in [-0.25, -0.2) is 13.2 Å². The first-order valence-corrected chi connectivity index (χ1v) is 10.2. The number of benzene rings is 1. The van der Waals surface area contributed by atoms with Gasteiger partial charge in [-0.2, -0.15) is 0 Å². The molecule has 1 aromatic heterocycles. The van der Waals surface area contributed by atoms with Crippen LogP contribution in [0.4, 0.5) is 13.2 Å². The molecule has 2 atom stereocenters. The molecule has 8 nitrogen and oxygen atoms in total. The Morgan fingerprint density at radius 2 is 1.88 bits per heavy atom. The van der Waals surface area contributed by atoms with Crippen molar-refractivity contribution in [3.8, 4) is 5.75 Å². The Kier molecular flexibility index (Phi) is 5.64. The summed E-state index contributed by atoms with van der Waals surface area (Å²) < 4.78 is 42.8. The molecular formula is C22H21F3N4O4. The molecule has 2 N–H and O–H groups in total. The Morgan fingerprint density at radius 1 is 1.21 bits per heavy atom. The highest BCUT2D eigenvalue weighted by Crippen LogP contribution is 2.26. The first kappa shape index (κ1) is 22.4. The van der Waals surface area contributed by atoms with Crippen LogP contribution in [0, 0.1) is 18.6 Å². The van der Waals surface area contributed by atoms with E-state index in [1.807, 2.05) is 0 Å². The number of carbonyl (C=O) groups is 2. The summed E-state index contributed by atoms with van der Waals surface area (Å²) >= 11 is 0. The molecule has 4 rings (SSSR count). The van der Waals surface area contributed by atoms with E-state index in [2.05, 4.69) is 5.32 Å². The quantitative estimate of drug-likeness (QED) is 0.675. The van der Waals surface area contributed by atoms with Gasteiger partial charge in [0, 0.05) is 18.3 Å². The van der Waals surface area contributed by atoms with Crippen LogP contribution < -0.4 is 15.8 Å². The number of hydrogen-bond donors (Lipinski definition) is 2. The minimum atomic E-state index is -1.13. The molecule has 0 unspecified atom stereocenters. The summed E-state index contributed by atoms with van der Waals surface area (Å²) in [5.41, 5.74) is -2.06. The lowest BCUT2D eigenvalue weighted by Crippen LogP contribution is -2.58. The first-order valence-electron chi connectivity index (χ1n) is 10.2. The molecule has 3 heterocycles. The van der Waals surface area contributed by atoms with Crippen molar-refractivity contribution in [3.63, 3.8) is 0 Å². The van der Waals surface area contributed by atoms with Gasteiger partial charge in [0.1, 0.15) is 30.5 Å². The van der Waals surface area contributed by atoms with E-state index in [0.29, 0.717) is 5.56 Å². The maximum Gasteiger partial charge on any atom is 0.278 e. The van der Waals surface area contributed by atoms with E-state index in [-0.39, 0.29) is 18.3 Å². The number of aryl methyl sites for hydroxylation is 1. The van der Waals surface area contributed by atoms with E-state index in [4.69, 9.17) is 0 Å². The average molecular weight is 462 g/mol. The van der Waals surface area contributed by atoms with Crippen LogP contribution in [-0.2, 0) is 6.54 Å². The molecule has 0 saturated carbocycles. The maximum absolute atomic E-state index is 14.1. The number of carbonyl (C=O) groups excluding carboxylic acids is 2. The molecule has 2 aliphatic rings. The van der Waals surface area contributed by atoms with Gasteiger partial charge in [0.2, 0.25) is 5.43 Å². The number of nitrogens with one attached hydrogen (secondary N) is 1. The number of hydrogen-bond acceptors (Lipinski definition) is 5. The molecule has 11 heteroatoms.